The first kappa shape index (κ1) is 8.25. The van der Waals surface area contributed by atoms with Gasteiger partial charge in [0, 0.05) is 5.69 Å². The van der Waals surface area contributed by atoms with Crippen LogP contribution in [0.5, 0.6) is 0 Å². The molecule has 0 amide bonds. The summed E-state index contributed by atoms with van der Waals surface area (Å²) in [6.45, 7) is 2.82. The molecule has 0 spiro atoms. The fourth-order valence-corrected chi connectivity index (χ4v) is 1.02. The molecule has 5 nitrogen and oxygen atoms in total. The van der Waals surface area contributed by atoms with Crippen molar-refractivity contribution in [2.45, 2.75) is 13.0 Å². The normalized spacial score (nSPS) is 16.7. The molecule has 1 aliphatic heterocycles. The molecular formula is C8H10N2O3. The Hall–Kier alpha value is -1.36. The van der Waals surface area contributed by atoms with Crippen molar-refractivity contribution >= 4 is 5.97 Å². The van der Waals surface area contributed by atoms with Crippen molar-refractivity contribution in [1.29, 1.82) is 0 Å². The van der Waals surface area contributed by atoms with Crippen molar-refractivity contribution in [3.8, 4) is 0 Å². The second-order valence-electron chi connectivity index (χ2n) is 3.00. The first-order valence-corrected chi connectivity index (χ1v) is 4.06. The van der Waals surface area contributed by atoms with Crippen LogP contribution in [0.3, 0.4) is 0 Å². The Morgan fingerprint density at radius 3 is 3.00 bits per heavy atom. The maximum Gasteiger partial charge on any atom is 0.359 e. The predicted molar refractivity (Wildman–Crippen MR) is 43.3 cm³/mol. The molecule has 0 aromatic carbocycles. The molecule has 1 aromatic heterocycles. The van der Waals surface area contributed by atoms with Crippen LogP contribution in [-0.4, -0.2) is 35.5 Å². The first-order chi connectivity index (χ1) is 6.25. The third-order valence-electron chi connectivity index (χ3n) is 1.80. The lowest BCUT2D eigenvalue weighted by atomic mass is 10.3. The molecule has 0 atom stereocenters. The molecule has 13 heavy (non-hydrogen) atoms. The van der Waals surface area contributed by atoms with Gasteiger partial charge < -0.3 is 9.47 Å². The van der Waals surface area contributed by atoms with Crippen molar-refractivity contribution in [2.75, 3.05) is 13.2 Å². The van der Waals surface area contributed by atoms with Gasteiger partial charge >= 0.3 is 5.97 Å². The molecule has 2 heterocycles. The van der Waals surface area contributed by atoms with Crippen LogP contribution in [0.2, 0.25) is 0 Å². The summed E-state index contributed by atoms with van der Waals surface area (Å²) in [5.41, 5.74) is 1.17. The number of aromatic nitrogens is 2. The highest BCUT2D eigenvalue weighted by Crippen LogP contribution is 2.09. The van der Waals surface area contributed by atoms with Gasteiger partial charge in [0.25, 0.3) is 0 Å². The summed E-state index contributed by atoms with van der Waals surface area (Å²) in [6.07, 6.45) is -0.0930. The predicted octanol–water partition coefficient (Wildman–Crippen LogP) is 0.274. The monoisotopic (exact) mass is 182 g/mol. The van der Waals surface area contributed by atoms with E-state index in [0.29, 0.717) is 18.9 Å². The van der Waals surface area contributed by atoms with Crippen molar-refractivity contribution in [3.05, 3.63) is 17.5 Å². The van der Waals surface area contributed by atoms with Crippen LogP contribution in [0, 0.1) is 6.92 Å². The molecule has 1 aliphatic rings. The lowest BCUT2D eigenvalue weighted by Gasteiger charge is -2.25. The van der Waals surface area contributed by atoms with Gasteiger partial charge in [0.15, 0.2) is 5.69 Å². The Morgan fingerprint density at radius 1 is 1.77 bits per heavy atom. The highest BCUT2D eigenvalue weighted by molar-refractivity contribution is 5.87. The Kier molecular flexibility index (Phi) is 2.02. The number of nitrogens with zero attached hydrogens (tertiary/aromatic N) is 1. The van der Waals surface area contributed by atoms with E-state index in [-0.39, 0.29) is 6.10 Å². The smallest absolute Gasteiger partial charge is 0.359 e. The van der Waals surface area contributed by atoms with Gasteiger partial charge in [0.1, 0.15) is 6.10 Å². The minimum Gasteiger partial charge on any atom is -0.453 e. The molecule has 0 unspecified atom stereocenters. The van der Waals surface area contributed by atoms with Gasteiger partial charge in [-0.05, 0) is 13.0 Å². The van der Waals surface area contributed by atoms with Gasteiger partial charge in [-0.1, -0.05) is 0 Å². The van der Waals surface area contributed by atoms with E-state index in [0.717, 1.165) is 5.69 Å². The topological polar surface area (TPSA) is 64.2 Å². The lowest BCUT2D eigenvalue weighted by Crippen LogP contribution is -2.37. The Bertz CT molecular complexity index is 317. The van der Waals surface area contributed by atoms with E-state index in [1.807, 2.05) is 6.92 Å². The van der Waals surface area contributed by atoms with Crippen LogP contribution in [0.25, 0.3) is 0 Å². The van der Waals surface area contributed by atoms with E-state index in [2.05, 4.69) is 10.2 Å². The molecule has 5 heteroatoms. The highest BCUT2D eigenvalue weighted by atomic mass is 16.6. The number of hydrogen-bond acceptors (Lipinski definition) is 4. The van der Waals surface area contributed by atoms with Crippen LogP contribution in [0.4, 0.5) is 0 Å². The number of carbonyl (C=O) groups is 1. The number of nitrogens with one attached hydrogen (secondary N) is 1. The van der Waals surface area contributed by atoms with E-state index in [1.54, 1.807) is 6.07 Å². The molecule has 1 fully saturated rings. The lowest BCUT2D eigenvalue weighted by molar-refractivity contribution is -0.103. The van der Waals surface area contributed by atoms with Crippen LogP contribution in [-0.2, 0) is 9.47 Å². The molecule has 1 saturated heterocycles. The Balaban J connectivity index is 1.96. The summed E-state index contributed by atoms with van der Waals surface area (Å²) >= 11 is 0. The molecular weight excluding hydrogens is 172 g/mol. The summed E-state index contributed by atoms with van der Waals surface area (Å²) in [7, 11) is 0. The molecule has 1 N–H and O–H groups in total. The first-order valence-electron chi connectivity index (χ1n) is 4.06. The molecule has 1 aromatic rings. The second kappa shape index (κ2) is 3.18. The van der Waals surface area contributed by atoms with Crippen molar-refractivity contribution < 1.29 is 14.3 Å². The van der Waals surface area contributed by atoms with Crippen LogP contribution < -0.4 is 0 Å². The minimum atomic E-state index is -0.391. The van der Waals surface area contributed by atoms with Crippen molar-refractivity contribution in [3.63, 3.8) is 0 Å². The number of hydrogen-bond donors (Lipinski definition) is 1. The van der Waals surface area contributed by atoms with Crippen molar-refractivity contribution in [1.82, 2.24) is 10.2 Å². The van der Waals surface area contributed by atoms with E-state index in [1.165, 1.54) is 0 Å². The SMILES string of the molecule is Cc1cc(C(=O)OC2COC2)n[nH]1. The summed E-state index contributed by atoms with van der Waals surface area (Å²) in [5.74, 6) is -0.391. The third-order valence-corrected chi connectivity index (χ3v) is 1.80. The van der Waals surface area contributed by atoms with E-state index in [4.69, 9.17) is 9.47 Å². The Labute approximate surface area is 75.0 Å². The third kappa shape index (κ3) is 1.70. The van der Waals surface area contributed by atoms with Gasteiger partial charge in [-0.2, -0.15) is 5.10 Å². The van der Waals surface area contributed by atoms with Gasteiger partial charge in [0.2, 0.25) is 0 Å². The van der Waals surface area contributed by atoms with Gasteiger partial charge in [-0.15, -0.1) is 0 Å². The summed E-state index contributed by atoms with van der Waals surface area (Å²) in [6, 6.07) is 1.65. The number of rotatable bonds is 2. The van der Waals surface area contributed by atoms with Crippen LogP contribution in [0.15, 0.2) is 6.07 Å². The van der Waals surface area contributed by atoms with E-state index < -0.39 is 5.97 Å². The molecule has 0 radical (unpaired) electrons. The largest absolute Gasteiger partial charge is 0.453 e. The molecule has 0 bridgehead atoms. The summed E-state index contributed by atoms with van der Waals surface area (Å²) < 4.78 is 9.91. The number of H-pyrrole nitrogens is 1. The number of ether oxygens (including phenoxy) is 2. The van der Waals surface area contributed by atoms with E-state index in [9.17, 15) is 4.79 Å². The number of aromatic amines is 1. The fourth-order valence-electron chi connectivity index (χ4n) is 1.02. The summed E-state index contributed by atoms with van der Waals surface area (Å²) in [5, 5.41) is 6.46. The van der Waals surface area contributed by atoms with Gasteiger partial charge in [-0.25, -0.2) is 4.79 Å². The summed E-state index contributed by atoms with van der Waals surface area (Å²) in [4.78, 5) is 11.3. The average Bonchev–Trinajstić information content (AvgIpc) is 2.44. The van der Waals surface area contributed by atoms with E-state index >= 15 is 0 Å². The number of carbonyl (C=O) groups excluding carboxylic acids is 1. The molecule has 0 aliphatic carbocycles. The Morgan fingerprint density at radius 2 is 2.54 bits per heavy atom. The maximum absolute atomic E-state index is 11.3. The van der Waals surface area contributed by atoms with Crippen LogP contribution in [0.1, 0.15) is 16.2 Å². The van der Waals surface area contributed by atoms with Crippen LogP contribution >= 0.6 is 0 Å². The zero-order valence-electron chi connectivity index (χ0n) is 7.24. The fraction of sp³-hybridized carbons (Fsp3) is 0.500. The molecule has 70 valence electrons. The number of esters is 1. The van der Waals surface area contributed by atoms with Gasteiger partial charge in [0.05, 0.1) is 13.2 Å². The minimum absolute atomic E-state index is 0.0930. The standard InChI is InChI=1S/C8H10N2O3/c1-5-2-7(10-9-5)8(11)13-6-3-12-4-6/h2,6H,3-4H2,1H3,(H,9,10). The second-order valence-corrected chi connectivity index (χ2v) is 3.00. The maximum atomic E-state index is 11.3. The zero-order chi connectivity index (χ0) is 9.26. The zero-order valence-corrected chi connectivity index (χ0v) is 7.24. The van der Waals surface area contributed by atoms with Gasteiger partial charge in [-0.3, -0.25) is 5.10 Å². The quantitative estimate of drug-likeness (QED) is 0.667. The molecule has 0 saturated carbocycles. The highest BCUT2D eigenvalue weighted by Gasteiger charge is 2.24. The van der Waals surface area contributed by atoms with Crippen molar-refractivity contribution in [2.24, 2.45) is 0 Å². The average molecular weight is 182 g/mol. The number of aryl methyl sites for hydroxylation is 1. The molecule has 2 rings (SSSR count).